The van der Waals surface area contributed by atoms with E-state index in [1.165, 1.54) is 11.8 Å². The van der Waals surface area contributed by atoms with Gasteiger partial charge in [0.25, 0.3) is 0 Å². The zero-order valence-electron chi connectivity index (χ0n) is 11.3. The van der Waals surface area contributed by atoms with Crippen LogP contribution in [-0.4, -0.2) is 63.4 Å². The standard InChI is InChI=1S/C12H23NO5S/c1-3-13-8(14)5-4-6-18-12-11(17)10(16)9(15)7(2)19-12/h7,9-12,15-17H,3-6H2,1-2H3,(H,13,14). The molecule has 1 aliphatic heterocycles. The number of aliphatic hydroxyl groups is 3. The zero-order chi connectivity index (χ0) is 14.4. The lowest BCUT2D eigenvalue weighted by molar-refractivity contribution is -0.122. The Balaban J connectivity index is 2.27. The van der Waals surface area contributed by atoms with Gasteiger partial charge < -0.3 is 25.4 Å². The molecule has 1 rings (SSSR count). The summed E-state index contributed by atoms with van der Waals surface area (Å²) < 4.78 is 5.47. The lowest BCUT2D eigenvalue weighted by Crippen LogP contribution is -2.52. The second kappa shape index (κ2) is 8.06. The predicted octanol–water partition coefficient (Wildman–Crippen LogP) is -0.537. The SMILES string of the molecule is CCNC(=O)CCCOC1SC(C)C(O)C(O)C1O. The van der Waals surface area contributed by atoms with Crippen LogP contribution in [0.2, 0.25) is 0 Å². The minimum Gasteiger partial charge on any atom is -0.389 e. The first-order valence-corrected chi connectivity index (χ1v) is 7.49. The second-order valence-corrected chi connectivity index (χ2v) is 6.09. The van der Waals surface area contributed by atoms with E-state index in [4.69, 9.17) is 4.74 Å². The molecule has 0 saturated carbocycles. The van der Waals surface area contributed by atoms with Crippen LogP contribution in [0.5, 0.6) is 0 Å². The van der Waals surface area contributed by atoms with E-state index in [0.717, 1.165) is 0 Å². The van der Waals surface area contributed by atoms with Gasteiger partial charge >= 0.3 is 0 Å². The first kappa shape index (κ1) is 16.7. The molecular formula is C12H23NO5S. The van der Waals surface area contributed by atoms with E-state index in [9.17, 15) is 20.1 Å². The molecule has 5 atom stereocenters. The van der Waals surface area contributed by atoms with Crippen molar-refractivity contribution in [1.29, 1.82) is 0 Å². The van der Waals surface area contributed by atoms with Gasteiger partial charge in [0.1, 0.15) is 17.6 Å². The van der Waals surface area contributed by atoms with Crippen LogP contribution in [0.15, 0.2) is 0 Å². The van der Waals surface area contributed by atoms with Crippen LogP contribution in [0.25, 0.3) is 0 Å². The lowest BCUT2D eigenvalue weighted by atomic mass is 10.1. The summed E-state index contributed by atoms with van der Waals surface area (Å²) in [6, 6.07) is 0. The van der Waals surface area contributed by atoms with Crippen molar-refractivity contribution in [3.05, 3.63) is 0 Å². The van der Waals surface area contributed by atoms with Crippen molar-refractivity contribution in [3.8, 4) is 0 Å². The van der Waals surface area contributed by atoms with Crippen molar-refractivity contribution in [3.63, 3.8) is 0 Å². The lowest BCUT2D eigenvalue weighted by Gasteiger charge is -2.38. The van der Waals surface area contributed by atoms with E-state index in [-0.39, 0.29) is 11.2 Å². The highest BCUT2D eigenvalue weighted by Crippen LogP contribution is 2.33. The van der Waals surface area contributed by atoms with Crippen molar-refractivity contribution in [1.82, 2.24) is 5.32 Å². The number of thioether (sulfide) groups is 1. The molecular weight excluding hydrogens is 270 g/mol. The fourth-order valence-corrected chi connectivity index (χ4v) is 3.11. The highest BCUT2D eigenvalue weighted by atomic mass is 32.2. The van der Waals surface area contributed by atoms with Crippen molar-refractivity contribution in [2.75, 3.05) is 13.2 Å². The molecule has 0 bridgehead atoms. The van der Waals surface area contributed by atoms with Gasteiger partial charge in [-0.25, -0.2) is 0 Å². The molecule has 1 amide bonds. The smallest absolute Gasteiger partial charge is 0.220 e. The molecule has 0 aromatic carbocycles. The number of rotatable bonds is 6. The molecule has 0 aromatic rings. The Morgan fingerprint density at radius 1 is 1.26 bits per heavy atom. The summed E-state index contributed by atoms with van der Waals surface area (Å²) >= 11 is 1.29. The van der Waals surface area contributed by atoms with E-state index in [1.807, 2.05) is 6.92 Å². The predicted molar refractivity (Wildman–Crippen MR) is 72.7 cm³/mol. The topological polar surface area (TPSA) is 99.0 Å². The van der Waals surface area contributed by atoms with Gasteiger partial charge in [0.05, 0.1) is 6.10 Å². The Hall–Kier alpha value is -0.340. The van der Waals surface area contributed by atoms with Crippen molar-refractivity contribution in [2.45, 2.75) is 55.7 Å². The van der Waals surface area contributed by atoms with Crippen molar-refractivity contribution >= 4 is 17.7 Å². The Kier molecular flexibility index (Phi) is 7.09. The second-order valence-electron chi connectivity index (χ2n) is 4.61. The van der Waals surface area contributed by atoms with Crippen LogP contribution in [0.4, 0.5) is 0 Å². The Labute approximate surface area is 117 Å². The highest BCUT2D eigenvalue weighted by molar-refractivity contribution is 8.00. The molecule has 112 valence electrons. The summed E-state index contributed by atoms with van der Waals surface area (Å²) in [4.78, 5) is 11.2. The third-order valence-corrected chi connectivity index (χ3v) is 4.40. The van der Waals surface area contributed by atoms with Crippen LogP contribution >= 0.6 is 11.8 Å². The zero-order valence-corrected chi connectivity index (χ0v) is 12.1. The van der Waals surface area contributed by atoms with Crippen LogP contribution in [0.1, 0.15) is 26.7 Å². The third-order valence-electron chi connectivity index (χ3n) is 3.01. The Morgan fingerprint density at radius 3 is 2.58 bits per heavy atom. The molecule has 0 aliphatic carbocycles. The van der Waals surface area contributed by atoms with E-state index < -0.39 is 23.7 Å². The number of nitrogens with one attached hydrogen (secondary N) is 1. The first-order valence-electron chi connectivity index (χ1n) is 6.55. The number of ether oxygens (including phenoxy) is 1. The molecule has 0 aromatic heterocycles. The van der Waals surface area contributed by atoms with E-state index in [2.05, 4.69) is 5.32 Å². The van der Waals surface area contributed by atoms with Gasteiger partial charge in [0.15, 0.2) is 0 Å². The molecule has 19 heavy (non-hydrogen) atoms. The molecule has 4 N–H and O–H groups in total. The number of aliphatic hydroxyl groups excluding tert-OH is 3. The van der Waals surface area contributed by atoms with Gasteiger partial charge in [-0.1, -0.05) is 6.92 Å². The molecule has 1 saturated heterocycles. The fraction of sp³-hybridized carbons (Fsp3) is 0.917. The molecule has 5 unspecified atom stereocenters. The van der Waals surface area contributed by atoms with Crippen LogP contribution in [0, 0.1) is 0 Å². The maximum absolute atomic E-state index is 11.2. The minimum atomic E-state index is -1.19. The molecule has 6 nitrogen and oxygen atoms in total. The summed E-state index contributed by atoms with van der Waals surface area (Å²) in [5.74, 6) is -0.0215. The molecule has 1 aliphatic rings. The van der Waals surface area contributed by atoms with Crippen LogP contribution in [0.3, 0.4) is 0 Å². The van der Waals surface area contributed by atoms with E-state index >= 15 is 0 Å². The Bertz CT molecular complexity index is 291. The quantitative estimate of drug-likeness (QED) is 0.491. The minimum absolute atomic E-state index is 0.0215. The Morgan fingerprint density at radius 2 is 1.95 bits per heavy atom. The average molecular weight is 293 g/mol. The van der Waals surface area contributed by atoms with Crippen LogP contribution < -0.4 is 5.32 Å². The van der Waals surface area contributed by atoms with E-state index in [0.29, 0.717) is 26.0 Å². The molecule has 0 spiro atoms. The third kappa shape index (κ3) is 4.92. The monoisotopic (exact) mass is 293 g/mol. The van der Waals surface area contributed by atoms with Gasteiger partial charge in [-0.05, 0) is 13.3 Å². The fourth-order valence-electron chi connectivity index (χ4n) is 1.87. The summed E-state index contributed by atoms with van der Waals surface area (Å²) in [5.41, 5.74) is -0.567. The van der Waals surface area contributed by atoms with Crippen LogP contribution in [-0.2, 0) is 9.53 Å². The molecule has 7 heteroatoms. The normalized spacial score (nSPS) is 35.1. The highest BCUT2D eigenvalue weighted by Gasteiger charge is 2.41. The maximum atomic E-state index is 11.2. The van der Waals surface area contributed by atoms with Gasteiger partial charge in [-0.2, -0.15) is 0 Å². The van der Waals surface area contributed by atoms with Gasteiger partial charge in [-0.15, -0.1) is 11.8 Å². The van der Waals surface area contributed by atoms with Gasteiger partial charge in [0, 0.05) is 24.8 Å². The maximum Gasteiger partial charge on any atom is 0.220 e. The summed E-state index contributed by atoms with van der Waals surface area (Å²) in [7, 11) is 0. The first-order chi connectivity index (χ1) is 8.97. The summed E-state index contributed by atoms with van der Waals surface area (Å²) in [6.45, 7) is 4.58. The summed E-state index contributed by atoms with van der Waals surface area (Å²) in [6.07, 6.45) is -2.31. The number of hydrogen-bond acceptors (Lipinski definition) is 6. The number of hydrogen-bond donors (Lipinski definition) is 4. The number of amides is 1. The van der Waals surface area contributed by atoms with Crippen molar-refractivity contribution < 1.29 is 24.9 Å². The summed E-state index contributed by atoms with van der Waals surface area (Å²) in [5, 5.41) is 31.5. The van der Waals surface area contributed by atoms with E-state index in [1.54, 1.807) is 6.92 Å². The number of carbonyl (C=O) groups is 1. The molecule has 1 heterocycles. The largest absolute Gasteiger partial charge is 0.389 e. The molecule has 0 radical (unpaired) electrons. The average Bonchev–Trinajstić information content (AvgIpc) is 2.38. The van der Waals surface area contributed by atoms with Gasteiger partial charge in [-0.3, -0.25) is 4.79 Å². The van der Waals surface area contributed by atoms with Gasteiger partial charge in [0.2, 0.25) is 5.91 Å². The van der Waals surface area contributed by atoms with Crippen molar-refractivity contribution in [2.24, 2.45) is 0 Å². The molecule has 1 fully saturated rings. The number of carbonyl (C=O) groups excluding carboxylic acids is 1.